The third-order valence-electron chi connectivity index (χ3n) is 2.45. The molecule has 1 aliphatic heterocycles. The van der Waals surface area contributed by atoms with Gasteiger partial charge >= 0.3 is 0 Å². The molecule has 0 saturated carbocycles. The van der Waals surface area contributed by atoms with Gasteiger partial charge in [-0.1, -0.05) is 0 Å². The Morgan fingerprint density at radius 3 is 2.41 bits per heavy atom. The summed E-state index contributed by atoms with van der Waals surface area (Å²) in [4.78, 5) is 23.1. The lowest BCUT2D eigenvalue weighted by atomic mass is 10.1. The van der Waals surface area contributed by atoms with Gasteiger partial charge in [0.25, 0.3) is 5.91 Å². The molecule has 0 aliphatic carbocycles. The largest absolute Gasteiger partial charge is 0.493 e. The van der Waals surface area contributed by atoms with Crippen LogP contribution in [0.4, 0.5) is 5.69 Å². The number of carbonyl (C=O) groups excluding carboxylic acids is 2. The van der Waals surface area contributed by atoms with Crippen molar-refractivity contribution in [1.82, 2.24) is 5.32 Å². The zero-order valence-electron chi connectivity index (χ0n) is 9.49. The van der Waals surface area contributed by atoms with Crippen LogP contribution in [0, 0.1) is 0 Å². The smallest absolute Gasteiger partial charge is 0.253 e. The summed E-state index contributed by atoms with van der Waals surface area (Å²) in [5.41, 5.74) is 0.774. The predicted octanol–water partition coefficient (Wildman–Crippen LogP) is 0.386. The zero-order valence-corrected chi connectivity index (χ0v) is 9.49. The molecule has 2 N–H and O–H groups in total. The van der Waals surface area contributed by atoms with Crippen molar-refractivity contribution in [2.45, 2.75) is 0 Å². The molecule has 1 heterocycles. The fourth-order valence-corrected chi connectivity index (χ4v) is 1.62. The minimum absolute atomic E-state index is 0.0435. The summed E-state index contributed by atoms with van der Waals surface area (Å²) in [5, 5.41) is 5.11. The molecule has 2 amide bonds. The summed E-state index contributed by atoms with van der Waals surface area (Å²) in [6, 6.07) is 3.10. The topological polar surface area (TPSA) is 76.7 Å². The van der Waals surface area contributed by atoms with Gasteiger partial charge in [-0.2, -0.15) is 0 Å². The summed E-state index contributed by atoms with van der Waals surface area (Å²) in [6.07, 6.45) is 0. The Kier molecular flexibility index (Phi) is 2.86. The number of hydrogen-bond acceptors (Lipinski definition) is 4. The molecule has 0 saturated heterocycles. The minimum atomic E-state index is -0.320. The van der Waals surface area contributed by atoms with Crippen molar-refractivity contribution in [3.8, 4) is 11.5 Å². The van der Waals surface area contributed by atoms with Crippen LogP contribution in [0.5, 0.6) is 11.5 Å². The monoisotopic (exact) mass is 236 g/mol. The number of anilines is 1. The Balaban J connectivity index is 2.55. The predicted molar refractivity (Wildman–Crippen MR) is 60.5 cm³/mol. The maximum atomic E-state index is 11.7. The van der Waals surface area contributed by atoms with E-state index in [4.69, 9.17) is 9.47 Å². The zero-order chi connectivity index (χ0) is 12.4. The van der Waals surface area contributed by atoms with Crippen molar-refractivity contribution < 1.29 is 19.1 Å². The molecule has 2 rings (SSSR count). The van der Waals surface area contributed by atoms with Crippen molar-refractivity contribution in [1.29, 1.82) is 0 Å². The summed E-state index contributed by atoms with van der Waals surface area (Å²) >= 11 is 0. The summed E-state index contributed by atoms with van der Waals surface area (Å²) < 4.78 is 10.2. The molecular formula is C11H12N2O4. The van der Waals surface area contributed by atoms with E-state index < -0.39 is 0 Å². The maximum absolute atomic E-state index is 11.7. The van der Waals surface area contributed by atoms with Crippen LogP contribution < -0.4 is 20.1 Å². The van der Waals surface area contributed by atoms with Crippen LogP contribution in [-0.2, 0) is 4.79 Å². The number of amides is 2. The van der Waals surface area contributed by atoms with Crippen LogP contribution in [0.15, 0.2) is 12.1 Å². The Hall–Kier alpha value is -2.24. The van der Waals surface area contributed by atoms with Crippen molar-refractivity contribution in [2.24, 2.45) is 0 Å². The average molecular weight is 236 g/mol. The van der Waals surface area contributed by atoms with Gasteiger partial charge in [0.1, 0.15) is 0 Å². The van der Waals surface area contributed by atoms with Crippen molar-refractivity contribution in [3.63, 3.8) is 0 Å². The van der Waals surface area contributed by atoms with E-state index in [1.165, 1.54) is 20.3 Å². The first-order chi connectivity index (χ1) is 8.15. The first-order valence-electron chi connectivity index (χ1n) is 4.99. The molecule has 1 aromatic rings. The van der Waals surface area contributed by atoms with Crippen LogP contribution in [0.3, 0.4) is 0 Å². The molecular weight excluding hydrogens is 224 g/mol. The normalized spacial score (nSPS) is 14.2. The Morgan fingerprint density at radius 1 is 1.12 bits per heavy atom. The van der Waals surface area contributed by atoms with E-state index in [9.17, 15) is 9.59 Å². The molecule has 1 aliphatic rings. The van der Waals surface area contributed by atoms with Gasteiger partial charge in [0.15, 0.2) is 11.5 Å². The Morgan fingerprint density at radius 2 is 1.76 bits per heavy atom. The van der Waals surface area contributed by atoms with E-state index in [0.717, 1.165) is 0 Å². The van der Waals surface area contributed by atoms with E-state index >= 15 is 0 Å². The second-order valence-electron chi connectivity index (χ2n) is 3.48. The highest BCUT2D eigenvalue weighted by atomic mass is 16.5. The quantitative estimate of drug-likeness (QED) is 0.778. The number of rotatable bonds is 2. The number of hydrogen-bond donors (Lipinski definition) is 2. The lowest BCUT2D eigenvalue weighted by molar-refractivity contribution is -0.115. The molecule has 0 radical (unpaired) electrons. The highest BCUT2D eigenvalue weighted by Gasteiger charge is 2.21. The Labute approximate surface area is 97.9 Å². The fourth-order valence-electron chi connectivity index (χ4n) is 1.62. The lowest BCUT2D eigenvalue weighted by Crippen LogP contribution is -2.28. The Bertz CT molecular complexity index is 485. The van der Waals surface area contributed by atoms with E-state index in [-0.39, 0.29) is 18.4 Å². The highest BCUT2D eigenvalue weighted by Crippen LogP contribution is 2.33. The summed E-state index contributed by atoms with van der Waals surface area (Å²) in [7, 11) is 2.97. The molecule has 0 atom stereocenters. The van der Waals surface area contributed by atoms with Gasteiger partial charge < -0.3 is 20.1 Å². The summed E-state index contributed by atoms with van der Waals surface area (Å²) in [5.74, 6) is 0.308. The number of methoxy groups -OCH3 is 2. The molecule has 0 fully saturated rings. The first-order valence-corrected chi connectivity index (χ1v) is 4.99. The third-order valence-corrected chi connectivity index (χ3v) is 2.45. The minimum Gasteiger partial charge on any atom is -0.493 e. The second kappa shape index (κ2) is 4.32. The molecule has 17 heavy (non-hydrogen) atoms. The van der Waals surface area contributed by atoms with E-state index in [2.05, 4.69) is 10.6 Å². The van der Waals surface area contributed by atoms with Crippen LogP contribution in [0.2, 0.25) is 0 Å². The standard InChI is InChI=1S/C11H12N2O4/c1-16-8-3-6-7(4-9(8)17-2)13-10(14)5-12-11(6)15/h3-4H,5H2,1-2H3,(H,12,15)(H,13,14). The maximum Gasteiger partial charge on any atom is 0.253 e. The van der Waals surface area contributed by atoms with E-state index in [1.54, 1.807) is 6.07 Å². The van der Waals surface area contributed by atoms with Gasteiger partial charge in [0.2, 0.25) is 5.91 Å². The van der Waals surface area contributed by atoms with Gasteiger partial charge in [-0.05, 0) is 6.07 Å². The summed E-state index contributed by atoms with van der Waals surface area (Å²) in [6.45, 7) is -0.0435. The van der Waals surface area contributed by atoms with Crippen LogP contribution in [-0.4, -0.2) is 32.6 Å². The fraction of sp³-hybridized carbons (Fsp3) is 0.273. The molecule has 6 heteroatoms. The van der Waals surface area contributed by atoms with Crippen LogP contribution >= 0.6 is 0 Å². The molecule has 0 spiro atoms. The SMILES string of the molecule is COc1cc2c(cc1OC)C(=O)NCC(=O)N2. The number of fused-ring (bicyclic) bond motifs is 1. The van der Waals surface area contributed by atoms with Crippen LogP contribution in [0.25, 0.3) is 0 Å². The van der Waals surface area contributed by atoms with Gasteiger partial charge in [-0.15, -0.1) is 0 Å². The molecule has 0 unspecified atom stereocenters. The number of carbonyl (C=O) groups is 2. The average Bonchev–Trinajstić information content (AvgIpc) is 2.47. The van der Waals surface area contributed by atoms with Gasteiger partial charge in [0.05, 0.1) is 32.0 Å². The van der Waals surface area contributed by atoms with Gasteiger partial charge in [-0.25, -0.2) is 0 Å². The third kappa shape index (κ3) is 2.01. The van der Waals surface area contributed by atoms with E-state index in [1.807, 2.05) is 0 Å². The molecule has 1 aromatic carbocycles. The number of benzene rings is 1. The molecule has 90 valence electrons. The molecule has 0 bridgehead atoms. The van der Waals surface area contributed by atoms with Gasteiger partial charge in [-0.3, -0.25) is 9.59 Å². The van der Waals surface area contributed by atoms with Crippen molar-refractivity contribution >= 4 is 17.5 Å². The molecule has 6 nitrogen and oxygen atoms in total. The number of nitrogens with one attached hydrogen (secondary N) is 2. The van der Waals surface area contributed by atoms with Crippen LogP contribution in [0.1, 0.15) is 10.4 Å². The first kappa shape index (κ1) is 11.3. The lowest BCUT2D eigenvalue weighted by Gasteiger charge is -2.12. The highest BCUT2D eigenvalue weighted by molar-refractivity contribution is 6.09. The molecule has 0 aromatic heterocycles. The number of ether oxygens (including phenoxy) is 2. The van der Waals surface area contributed by atoms with E-state index in [0.29, 0.717) is 22.7 Å². The second-order valence-corrected chi connectivity index (χ2v) is 3.48. The van der Waals surface area contributed by atoms with Gasteiger partial charge in [0, 0.05) is 6.07 Å². The van der Waals surface area contributed by atoms with Crippen molar-refractivity contribution in [3.05, 3.63) is 17.7 Å². The van der Waals surface area contributed by atoms with Crippen molar-refractivity contribution in [2.75, 3.05) is 26.1 Å².